The van der Waals surface area contributed by atoms with Crippen LogP contribution in [0.2, 0.25) is 0 Å². The van der Waals surface area contributed by atoms with Gasteiger partial charge in [0.15, 0.2) is 0 Å². The predicted octanol–water partition coefficient (Wildman–Crippen LogP) is 3.50. The number of carbonyl (C=O) groups excluding carboxylic acids is 1. The van der Waals surface area contributed by atoms with Crippen molar-refractivity contribution in [3.8, 4) is 0 Å². The summed E-state index contributed by atoms with van der Waals surface area (Å²) in [6.45, 7) is 0.612. The van der Waals surface area contributed by atoms with E-state index in [0.29, 0.717) is 6.54 Å². The smallest absolute Gasteiger partial charge is 0.321 e. The molecule has 1 aliphatic heterocycles. The van der Waals surface area contributed by atoms with Gasteiger partial charge in [-0.2, -0.15) is 0 Å². The number of benzene rings is 2. The van der Waals surface area contributed by atoms with Crippen LogP contribution in [0.25, 0.3) is 0 Å². The molecule has 1 aromatic heterocycles. The van der Waals surface area contributed by atoms with Gasteiger partial charge in [0.25, 0.3) is 0 Å². The van der Waals surface area contributed by atoms with Crippen LogP contribution in [0.15, 0.2) is 67.3 Å². The fourth-order valence-electron chi connectivity index (χ4n) is 3.17. The van der Waals surface area contributed by atoms with Crippen LogP contribution < -0.4 is 5.32 Å². The Morgan fingerprint density at radius 1 is 1.12 bits per heavy atom. The van der Waals surface area contributed by atoms with E-state index in [9.17, 15) is 4.79 Å². The van der Waals surface area contributed by atoms with Crippen molar-refractivity contribution in [1.82, 2.24) is 14.5 Å². The summed E-state index contributed by atoms with van der Waals surface area (Å²) in [5.74, 6) is 0. The molecule has 24 heavy (non-hydrogen) atoms. The molecule has 5 nitrogen and oxygen atoms in total. The van der Waals surface area contributed by atoms with Gasteiger partial charge in [0.1, 0.15) is 0 Å². The Morgan fingerprint density at radius 3 is 2.71 bits per heavy atom. The molecule has 0 bridgehead atoms. The van der Waals surface area contributed by atoms with Gasteiger partial charge in [-0.25, -0.2) is 9.78 Å². The largest absolute Gasteiger partial charge is 0.326 e. The van der Waals surface area contributed by atoms with Crippen molar-refractivity contribution in [3.63, 3.8) is 0 Å². The normalized spacial score (nSPS) is 14.9. The Hall–Kier alpha value is -3.08. The third kappa shape index (κ3) is 2.54. The van der Waals surface area contributed by atoms with Crippen molar-refractivity contribution in [2.75, 3.05) is 12.4 Å². The SMILES string of the molecule is CN1Cc2cc(C(c3ccccc3)n3ccnc3)ccc2NC1=O. The Kier molecular flexibility index (Phi) is 3.54. The van der Waals surface area contributed by atoms with Crippen LogP contribution in [-0.4, -0.2) is 27.5 Å². The molecule has 3 aromatic rings. The van der Waals surface area contributed by atoms with Gasteiger partial charge < -0.3 is 14.8 Å². The van der Waals surface area contributed by atoms with Crippen LogP contribution in [0.3, 0.4) is 0 Å². The molecule has 0 aliphatic carbocycles. The number of hydrogen-bond acceptors (Lipinski definition) is 2. The molecule has 5 heteroatoms. The topological polar surface area (TPSA) is 50.2 Å². The fourth-order valence-corrected chi connectivity index (χ4v) is 3.17. The second kappa shape index (κ2) is 5.85. The van der Waals surface area contributed by atoms with E-state index in [2.05, 4.69) is 39.1 Å². The second-order valence-electron chi connectivity index (χ2n) is 6.03. The fraction of sp³-hybridized carbons (Fsp3) is 0.158. The molecule has 1 aliphatic rings. The summed E-state index contributed by atoms with van der Waals surface area (Å²) < 4.78 is 2.10. The van der Waals surface area contributed by atoms with Crippen molar-refractivity contribution in [1.29, 1.82) is 0 Å². The molecule has 0 radical (unpaired) electrons. The van der Waals surface area contributed by atoms with Crippen molar-refractivity contribution >= 4 is 11.7 Å². The first-order valence-electron chi connectivity index (χ1n) is 7.90. The molecule has 2 heterocycles. The second-order valence-corrected chi connectivity index (χ2v) is 6.03. The van der Waals surface area contributed by atoms with Gasteiger partial charge in [0.2, 0.25) is 0 Å². The first-order valence-corrected chi connectivity index (χ1v) is 7.90. The summed E-state index contributed by atoms with van der Waals surface area (Å²) in [6.07, 6.45) is 5.61. The molecule has 0 fully saturated rings. The first kappa shape index (κ1) is 14.5. The Morgan fingerprint density at radius 2 is 1.96 bits per heavy atom. The van der Waals surface area contributed by atoms with Gasteiger partial charge in [0.05, 0.1) is 12.4 Å². The summed E-state index contributed by atoms with van der Waals surface area (Å²) in [5.41, 5.74) is 4.38. The minimum atomic E-state index is -0.0653. The maximum atomic E-state index is 11.8. The molecule has 0 saturated carbocycles. The summed E-state index contributed by atoms with van der Waals surface area (Å²) in [7, 11) is 1.80. The van der Waals surface area contributed by atoms with Gasteiger partial charge in [-0.15, -0.1) is 0 Å². The van der Waals surface area contributed by atoms with E-state index < -0.39 is 0 Å². The van der Waals surface area contributed by atoms with Crippen molar-refractivity contribution in [2.24, 2.45) is 0 Å². The Balaban J connectivity index is 1.80. The molecular weight excluding hydrogens is 300 g/mol. The van der Waals surface area contributed by atoms with E-state index in [1.54, 1.807) is 18.1 Å². The molecule has 1 N–H and O–H groups in total. The number of amides is 2. The number of imidazole rings is 1. The standard InChI is InChI=1S/C19H18N4O/c1-22-12-16-11-15(7-8-17(16)21-19(22)24)18(23-10-9-20-13-23)14-5-3-2-4-6-14/h2-11,13,18H,12H2,1H3,(H,21,24). The molecule has 120 valence electrons. The van der Waals surface area contributed by atoms with Crippen LogP contribution in [0.5, 0.6) is 0 Å². The van der Waals surface area contributed by atoms with Crippen LogP contribution in [-0.2, 0) is 6.54 Å². The average Bonchev–Trinajstić information content (AvgIpc) is 3.11. The zero-order valence-corrected chi connectivity index (χ0v) is 13.4. The van der Waals surface area contributed by atoms with Gasteiger partial charge in [-0.1, -0.05) is 36.4 Å². The zero-order valence-electron chi connectivity index (χ0n) is 13.4. The third-order valence-corrected chi connectivity index (χ3v) is 4.38. The highest BCUT2D eigenvalue weighted by atomic mass is 16.2. The number of carbonyl (C=O) groups is 1. The van der Waals surface area contributed by atoms with Crippen molar-refractivity contribution < 1.29 is 4.79 Å². The number of nitrogens with zero attached hydrogens (tertiary/aromatic N) is 3. The number of rotatable bonds is 3. The van der Waals surface area contributed by atoms with E-state index in [0.717, 1.165) is 11.3 Å². The number of anilines is 1. The third-order valence-electron chi connectivity index (χ3n) is 4.38. The van der Waals surface area contributed by atoms with E-state index in [1.807, 2.05) is 36.8 Å². The van der Waals surface area contributed by atoms with Crippen LogP contribution >= 0.6 is 0 Å². The molecular formula is C19H18N4O. The maximum Gasteiger partial charge on any atom is 0.321 e. The minimum absolute atomic E-state index is 0.0573. The van der Waals surface area contributed by atoms with Gasteiger partial charge >= 0.3 is 6.03 Å². The van der Waals surface area contributed by atoms with E-state index >= 15 is 0 Å². The predicted molar refractivity (Wildman–Crippen MR) is 92.8 cm³/mol. The minimum Gasteiger partial charge on any atom is -0.326 e. The zero-order chi connectivity index (χ0) is 16.5. The first-order chi connectivity index (χ1) is 11.7. The highest BCUT2D eigenvalue weighted by Crippen LogP contribution is 2.31. The van der Waals surface area contributed by atoms with Crippen LogP contribution in [0.4, 0.5) is 10.5 Å². The average molecular weight is 318 g/mol. The van der Waals surface area contributed by atoms with Gasteiger partial charge in [0, 0.05) is 31.7 Å². The lowest BCUT2D eigenvalue weighted by atomic mass is 9.95. The number of aromatic nitrogens is 2. The highest BCUT2D eigenvalue weighted by Gasteiger charge is 2.22. The Labute approximate surface area is 140 Å². The van der Waals surface area contributed by atoms with Gasteiger partial charge in [-0.05, 0) is 28.8 Å². The number of fused-ring (bicyclic) bond motifs is 1. The summed E-state index contributed by atoms with van der Waals surface area (Å²) in [4.78, 5) is 17.7. The van der Waals surface area contributed by atoms with Crippen molar-refractivity contribution in [2.45, 2.75) is 12.6 Å². The lowest BCUT2D eigenvalue weighted by Crippen LogP contribution is -2.35. The van der Waals surface area contributed by atoms with Crippen LogP contribution in [0.1, 0.15) is 22.7 Å². The highest BCUT2D eigenvalue weighted by molar-refractivity contribution is 5.92. The monoisotopic (exact) mass is 318 g/mol. The molecule has 2 aromatic carbocycles. The maximum absolute atomic E-state index is 11.8. The molecule has 2 amide bonds. The van der Waals surface area contributed by atoms with Gasteiger partial charge in [-0.3, -0.25) is 0 Å². The number of hydrogen-bond donors (Lipinski definition) is 1. The number of urea groups is 1. The summed E-state index contributed by atoms with van der Waals surface area (Å²) in [5, 5.41) is 2.92. The van der Waals surface area contributed by atoms with E-state index in [1.165, 1.54) is 11.1 Å². The summed E-state index contributed by atoms with van der Waals surface area (Å²) in [6, 6.07) is 16.6. The Bertz CT molecular complexity index is 858. The van der Waals surface area contributed by atoms with E-state index in [4.69, 9.17) is 0 Å². The molecule has 1 atom stereocenters. The molecule has 0 spiro atoms. The molecule has 4 rings (SSSR count). The van der Waals surface area contributed by atoms with Crippen molar-refractivity contribution in [3.05, 3.63) is 83.9 Å². The quantitative estimate of drug-likeness (QED) is 0.803. The van der Waals surface area contributed by atoms with Crippen LogP contribution in [0, 0.1) is 0 Å². The molecule has 1 unspecified atom stereocenters. The summed E-state index contributed by atoms with van der Waals surface area (Å²) >= 11 is 0. The lowest BCUT2D eigenvalue weighted by Gasteiger charge is -2.28. The van der Waals surface area contributed by atoms with E-state index in [-0.39, 0.29) is 12.1 Å². The number of nitrogens with one attached hydrogen (secondary N) is 1. The molecule has 0 saturated heterocycles. The lowest BCUT2D eigenvalue weighted by molar-refractivity contribution is 0.218.